The summed E-state index contributed by atoms with van der Waals surface area (Å²) in [5.74, 6) is 6.09. The van der Waals surface area contributed by atoms with Gasteiger partial charge in [0, 0.05) is 12.5 Å². The molecule has 12 heavy (non-hydrogen) atoms. The number of hydrogen-bond donors (Lipinski definition) is 1. The predicted molar refractivity (Wildman–Crippen MR) is 48.7 cm³/mol. The molecule has 0 aromatic rings. The van der Waals surface area contributed by atoms with Crippen LogP contribution in [0.1, 0.15) is 26.2 Å². The number of carbonyl (C=O) groups excluding carboxylic acids is 1. The first kappa shape index (κ1) is 9.28. The molecule has 1 aliphatic rings. The number of hydrogen-bond acceptors (Lipinski definition) is 2. The van der Waals surface area contributed by atoms with Gasteiger partial charge < -0.3 is 5.32 Å². The van der Waals surface area contributed by atoms with E-state index >= 15 is 0 Å². The third-order valence-electron chi connectivity index (χ3n) is 2.19. The maximum Gasteiger partial charge on any atom is 0.149 e. The number of nitrogens with one attached hydrogen (secondary N) is 1. The molecule has 1 heterocycles. The quantitative estimate of drug-likeness (QED) is 0.618. The number of piperidine rings is 1. The van der Waals surface area contributed by atoms with Gasteiger partial charge >= 0.3 is 0 Å². The predicted octanol–water partition coefficient (Wildman–Crippen LogP) is 0.968. The Bertz CT molecular complexity index is 206. The zero-order chi connectivity index (χ0) is 8.81. The van der Waals surface area contributed by atoms with Gasteiger partial charge in [0.05, 0.1) is 6.42 Å². The molecule has 1 unspecified atom stereocenters. The summed E-state index contributed by atoms with van der Waals surface area (Å²) < 4.78 is 0. The van der Waals surface area contributed by atoms with Crippen LogP contribution in [0.2, 0.25) is 0 Å². The maximum absolute atomic E-state index is 11.4. The first-order chi connectivity index (χ1) is 5.84. The van der Waals surface area contributed by atoms with E-state index in [9.17, 15) is 4.79 Å². The molecule has 0 saturated carbocycles. The molecule has 0 radical (unpaired) electrons. The van der Waals surface area contributed by atoms with E-state index in [0.29, 0.717) is 12.2 Å². The lowest BCUT2D eigenvalue weighted by atomic mass is 9.93. The van der Waals surface area contributed by atoms with Gasteiger partial charge in [-0.3, -0.25) is 4.79 Å². The number of carbonyl (C=O) groups is 1. The monoisotopic (exact) mass is 165 g/mol. The van der Waals surface area contributed by atoms with Crippen LogP contribution in [0.4, 0.5) is 0 Å². The fourth-order valence-electron chi connectivity index (χ4n) is 1.45. The minimum Gasteiger partial charge on any atom is -0.316 e. The molecule has 66 valence electrons. The highest BCUT2D eigenvalue weighted by molar-refractivity contribution is 5.83. The minimum atomic E-state index is 0.222. The molecule has 0 aromatic carbocycles. The van der Waals surface area contributed by atoms with Gasteiger partial charge in [-0.25, -0.2) is 0 Å². The molecule has 0 amide bonds. The molecular weight excluding hydrogens is 150 g/mol. The number of Topliss-reactive ketones (excluding diaryl/α,β-unsaturated/α-hetero) is 1. The summed E-state index contributed by atoms with van der Waals surface area (Å²) in [7, 11) is 0. The molecule has 0 aromatic heterocycles. The lowest BCUT2D eigenvalue weighted by Gasteiger charge is -2.20. The van der Waals surface area contributed by atoms with E-state index in [0.717, 1.165) is 25.9 Å². The van der Waals surface area contributed by atoms with Crippen molar-refractivity contribution in [2.75, 3.05) is 13.1 Å². The summed E-state index contributed by atoms with van der Waals surface area (Å²) in [6.07, 6.45) is 2.59. The smallest absolute Gasteiger partial charge is 0.149 e. The first-order valence-corrected chi connectivity index (χ1v) is 4.47. The van der Waals surface area contributed by atoms with Crippen LogP contribution in [0.25, 0.3) is 0 Å². The Morgan fingerprint density at radius 3 is 3.08 bits per heavy atom. The standard InChI is InChI=1S/C10H15NO/c1-2-3-6-10(12)9-5-4-7-11-8-9/h9,11H,4-8H2,1H3. The van der Waals surface area contributed by atoms with Crippen LogP contribution in [0.15, 0.2) is 0 Å². The highest BCUT2D eigenvalue weighted by Crippen LogP contribution is 2.12. The Balaban J connectivity index is 2.33. The van der Waals surface area contributed by atoms with Crippen LogP contribution in [0.3, 0.4) is 0 Å². The van der Waals surface area contributed by atoms with Gasteiger partial charge in [-0.05, 0) is 26.3 Å². The second-order valence-corrected chi connectivity index (χ2v) is 3.11. The summed E-state index contributed by atoms with van der Waals surface area (Å²) >= 11 is 0. The molecule has 0 bridgehead atoms. The van der Waals surface area contributed by atoms with Gasteiger partial charge in [-0.2, -0.15) is 0 Å². The summed E-state index contributed by atoms with van der Waals surface area (Å²) in [6.45, 7) is 3.68. The normalized spacial score (nSPS) is 22.6. The van der Waals surface area contributed by atoms with Crippen molar-refractivity contribution in [2.45, 2.75) is 26.2 Å². The summed E-state index contributed by atoms with van der Waals surface area (Å²) in [4.78, 5) is 11.4. The lowest BCUT2D eigenvalue weighted by Crippen LogP contribution is -2.34. The molecule has 1 aliphatic heterocycles. The topological polar surface area (TPSA) is 29.1 Å². The van der Waals surface area contributed by atoms with Gasteiger partial charge in [0.1, 0.15) is 5.78 Å². The van der Waals surface area contributed by atoms with E-state index in [4.69, 9.17) is 0 Å². The largest absolute Gasteiger partial charge is 0.316 e. The van der Waals surface area contributed by atoms with E-state index in [-0.39, 0.29) is 5.92 Å². The number of rotatable bonds is 2. The average Bonchev–Trinajstić information content (AvgIpc) is 2.15. The lowest BCUT2D eigenvalue weighted by molar-refractivity contribution is -0.122. The molecule has 1 atom stereocenters. The van der Waals surface area contributed by atoms with E-state index in [1.807, 2.05) is 0 Å². The van der Waals surface area contributed by atoms with Crippen molar-refractivity contribution in [3.8, 4) is 11.8 Å². The molecule has 0 aliphatic carbocycles. The molecule has 2 heteroatoms. The van der Waals surface area contributed by atoms with Crippen molar-refractivity contribution < 1.29 is 4.79 Å². The van der Waals surface area contributed by atoms with Crippen molar-refractivity contribution in [2.24, 2.45) is 5.92 Å². The van der Waals surface area contributed by atoms with Crippen LogP contribution in [0, 0.1) is 17.8 Å². The average molecular weight is 165 g/mol. The minimum absolute atomic E-state index is 0.222. The molecule has 1 N–H and O–H groups in total. The molecule has 1 rings (SSSR count). The van der Waals surface area contributed by atoms with E-state index in [1.165, 1.54) is 0 Å². The van der Waals surface area contributed by atoms with Crippen molar-refractivity contribution in [3.63, 3.8) is 0 Å². The van der Waals surface area contributed by atoms with Crippen molar-refractivity contribution >= 4 is 5.78 Å². The Labute approximate surface area is 73.7 Å². The van der Waals surface area contributed by atoms with E-state index in [1.54, 1.807) is 6.92 Å². The van der Waals surface area contributed by atoms with Crippen molar-refractivity contribution in [3.05, 3.63) is 0 Å². The fraction of sp³-hybridized carbons (Fsp3) is 0.700. The Hall–Kier alpha value is -0.810. The van der Waals surface area contributed by atoms with Crippen molar-refractivity contribution in [1.29, 1.82) is 0 Å². The van der Waals surface area contributed by atoms with Crippen LogP contribution in [-0.4, -0.2) is 18.9 Å². The Morgan fingerprint density at radius 1 is 1.67 bits per heavy atom. The molecule has 1 saturated heterocycles. The Kier molecular flexibility index (Phi) is 3.83. The zero-order valence-corrected chi connectivity index (χ0v) is 7.52. The maximum atomic E-state index is 11.4. The second-order valence-electron chi connectivity index (χ2n) is 3.11. The van der Waals surface area contributed by atoms with Crippen LogP contribution in [0.5, 0.6) is 0 Å². The SMILES string of the molecule is CC#CCC(=O)C1CCCNC1. The van der Waals surface area contributed by atoms with Crippen LogP contribution in [-0.2, 0) is 4.79 Å². The first-order valence-electron chi connectivity index (χ1n) is 4.47. The van der Waals surface area contributed by atoms with Gasteiger partial charge in [-0.1, -0.05) is 5.92 Å². The third-order valence-corrected chi connectivity index (χ3v) is 2.19. The van der Waals surface area contributed by atoms with Gasteiger partial charge in [-0.15, -0.1) is 5.92 Å². The van der Waals surface area contributed by atoms with Crippen LogP contribution < -0.4 is 5.32 Å². The number of ketones is 1. The zero-order valence-electron chi connectivity index (χ0n) is 7.52. The molecular formula is C10H15NO. The summed E-state index contributed by atoms with van der Waals surface area (Å²) in [5.41, 5.74) is 0. The highest BCUT2D eigenvalue weighted by Gasteiger charge is 2.19. The van der Waals surface area contributed by atoms with E-state index < -0.39 is 0 Å². The molecule has 2 nitrogen and oxygen atoms in total. The fourth-order valence-corrected chi connectivity index (χ4v) is 1.45. The third kappa shape index (κ3) is 2.67. The van der Waals surface area contributed by atoms with Gasteiger partial charge in [0.15, 0.2) is 0 Å². The summed E-state index contributed by atoms with van der Waals surface area (Å²) in [6, 6.07) is 0. The summed E-state index contributed by atoms with van der Waals surface area (Å²) in [5, 5.41) is 3.22. The molecule has 0 spiro atoms. The van der Waals surface area contributed by atoms with Crippen LogP contribution >= 0.6 is 0 Å². The van der Waals surface area contributed by atoms with Crippen molar-refractivity contribution in [1.82, 2.24) is 5.32 Å². The van der Waals surface area contributed by atoms with Gasteiger partial charge in [0.2, 0.25) is 0 Å². The van der Waals surface area contributed by atoms with Gasteiger partial charge in [0.25, 0.3) is 0 Å². The molecule has 1 fully saturated rings. The van der Waals surface area contributed by atoms with E-state index in [2.05, 4.69) is 17.2 Å². The highest BCUT2D eigenvalue weighted by atomic mass is 16.1. The Morgan fingerprint density at radius 2 is 2.50 bits per heavy atom. The second kappa shape index (κ2) is 4.95.